The van der Waals surface area contributed by atoms with Crippen molar-refractivity contribution in [2.24, 2.45) is 0 Å². The third-order valence-electron chi connectivity index (χ3n) is 5.34. The summed E-state index contributed by atoms with van der Waals surface area (Å²) in [6.45, 7) is 7.74. The maximum Gasteiger partial charge on any atom is 0.261 e. The van der Waals surface area contributed by atoms with Gasteiger partial charge in [0.25, 0.3) is 23.6 Å². The van der Waals surface area contributed by atoms with Crippen LogP contribution in [0.25, 0.3) is 0 Å². The summed E-state index contributed by atoms with van der Waals surface area (Å²) in [6.07, 6.45) is 0. The molecule has 0 unspecified atom stereocenters. The van der Waals surface area contributed by atoms with Gasteiger partial charge in [0.05, 0.1) is 11.1 Å². The fourth-order valence-corrected chi connectivity index (χ4v) is 3.42. The lowest BCUT2D eigenvalue weighted by Crippen LogP contribution is -2.37. The smallest absolute Gasteiger partial charge is 0.261 e. The molecule has 0 spiro atoms. The van der Waals surface area contributed by atoms with Crippen molar-refractivity contribution in [2.45, 2.75) is 33.7 Å². The number of carbonyl (C=O) groups excluding carboxylic acids is 4. The van der Waals surface area contributed by atoms with Crippen LogP contribution >= 0.6 is 0 Å². The lowest BCUT2D eigenvalue weighted by molar-refractivity contribution is -0.123. The van der Waals surface area contributed by atoms with Gasteiger partial charge in [0.15, 0.2) is 6.61 Å². The minimum atomic E-state index is -0.397. The molecule has 0 bridgehead atoms. The normalized spacial score (nSPS) is 12.7. The van der Waals surface area contributed by atoms with E-state index in [1.165, 1.54) is 23.1 Å². The number of nitrogens with one attached hydrogen (secondary N) is 2. The molecular weight excluding hydrogens is 410 g/mol. The second-order valence-corrected chi connectivity index (χ2v) is 7.93. The molecule has 0 saturated carbocycles. The zero-order chi connectivity index (χ0) is 23.4. The molecule has 0 atom stereocenters. The van der Waals surface area contributed by atoms with Crippen molar-refractivity contribution < 1.29 is 23.9 Å². The van der Waals surface area contributed by atoms with Gasteiger partial charge in [0.2, 0.25) is 0 Å². The minimum Gasteiger partial charge on any atom is -0.483 e. The third-order valence-corrected chi connectivity index (χ3v) is 5.34. The van der Waals surface area contributed by atoms with Crippen molar-refractivity contribution in [1.82, 2.24) is 15.5 Å². The van der Waals surface area contributed by atoms with Gasteiger partial charge < -0.3 is 15.4 Å². The van der Waals surface area contributed by atoms with E-state index in [4.69, 9.17) is 4.74 Å². The molecule has 0 saturated heterocycles. The Labute approximate surface area is 186 Å². The lowest BCUT2D eigenvalue weighted by Gasteiger charge is -2.17. The number of fused-ring (bicyclic) bond motifs is 1. The second kappa shape index (κ2) is 9.64. The molecule has 1 aliphatic heterocycles. The molecule has 2 N–H and O–H groups in total. The number of imide groups is 1. The lowest BCUT2D eigenvalue weighted by atomic mass is 10.1. The van der Waals surface area contributed by atoms with E-state index >= 15 is 0 Å². The molecule has 2 aromatic carbocycles. The highest BCUT2D eigenvalue weighted by Gasteiger charge is 2.37. The number of aryl methyl sites for hydroxylation is 1. The summed E-state index contributed by atoms with van der Waals surface area (Å²) in [5.41, 5.74) is 2.88. The van der Waals surface area contributed by atoms with E-state index < -0.39 is 11.8 Å². The van der Waals surface area contributed by atoms with Crippen LogP contribution in [0.4, 0.5) is 0 Å². The van der Waals surface area contributed by atoms with Crippen LogP contribution in [0.3, 0.4) is 0 Å². The Morgan fingerprint density at radius 3 is 2.38 bits per heavy atom. The summed E-state index contributed by atoms with van der Waals surface area (Å²) in [4.78, 5) is 50.4. The Hall–Kier alpha value is -3.68. The monoisotopic (exact) mass is 437 g/mol. The standard InChI is InChI=1S/C24H27N3O5/c1-14(2)27-23(30)18-9-8-17(12-19(18)24(27)31)22(29)26-11-10-25-21(28)13-32-20-7-5-6-15(3)16(20)4/h5-9,12,14H,10-11,13H2,1-4H3,(H,25,28)(H,26,29). The first-order valence-corrected chi connectivity index (χ1v) is 10.5. The Morgan fingerprint density at radius 2 is 1.66 bits per heavy atom. The molecule has 0 aliphatic carbocycles. The minimum absolute atomic E-state index is 0.119. The van der Waals surface area contributed by atoms with Crippen LogP contribution in [-0.4, -0.2) is 54.3 Å². The number of hydrogen-bond acceptors (Lipinski definition) is 5. The predicted octanol–water partition coefficient (Wildman–Crippen LogP) is 2.23. The van der Waals surface area contributed by atoms with Crippen LogP contribution in [0, 0.1) is 13.8 Å². The van der Waals surface area contributed by atoms with Crippen LogP contribution in [0.2, 0.25) is 0 Å². The molecule has 1 aliphatic rings. The molecule has 0 radical (unpaired) electrons. The van der Waals surface area contributed by atoms with Crippen LogP contribution in [0.15, 0.2) is 36.4 Å². The molecule has 32 heavy (non-hydrogen) atoms. The van der Waals surface area contributed by atoms with E-state index in [1.54, 1.807) is 13.8 Å². The number of rotatable bonds is 8. The summed E-state index contributed by atoms with van der Waals surface area (Å²) in [5.74, 6) is -0.773. The molecule has 4 amide bonds. The largest absolute Gasteiger partial charge is 0.483 e. The number of hydrogen-bond donors (Lipinski definition) is 2. The van der Waals surface area contributed by atoms with Gasteiger partial charge in [0, 0.05) is 24.7 Å². The van der Waals surface area contributed by atoms with E-state index in [9.17, 15) is 19.2 Å². The molecule has 2 aromatic rings. The van der Waals surface area contributed by atoms with Gasteiger partial charge in [-0.2, -0.15) is 0 Å². The van der Waals surface area contributed by atoms with Crippen molar-refractivity contribution in [3.8, 4) is 5.75 Å². The average molecular weight is 437 g/mol. The van der Waals surface area contributed by atoms with Crippen LogP contribution in [0.1, 0.15) is 56.0 Å². The van der Waals surface area contributed by atoms with Gasteiger partial charge in [-0.1, -0.05) is 12.1 Å². The first-order chi connectivity index (χ1) is 15.2. The molecular formula is C24H27N3O5. The molecule has 3 rings (SSSR count). The van der Waals surface area contributed by atoms with Gasteiger partial charge in [0.1, 0.15) is 5.75 Å². The SMILES string of the molecule is Cc1cccc(OCC(=O)NCCNC(=O)c2ccc3c(c2)C(=O)N(C(C)C)C3=O)c1C. The quantitative estimate of drug-likeness (QED) is 0.487. The maximum atomic E-state index is 12.5. The molecule has 0 aromatic heterocycles. The second-order valence-electron chi connectivity index (χ2n) is 7.93. The first kappa shape index (κ1) is 23.0. The number of carbonyl (C=O) groups is 4. The van der Waals surface area contributed by atoms with Crippen LogP contribution in [0.5, 0.6) is 5.75 Å². The first-order valence-electron chi connectivity index (χ1n) is 10.5. The van der Waals surface area contributed by atoms with E-state index in [1.807, 2.05) is 32.0 Å². The average Bonchev–Trinajstić information content (AvgIpc) is 3.01. The Bertz CT molecular complexity index is 1080. The van der Waals surface area contributed by atoms with E-state index in [-0.39, 0.29) is 48.7 Å². The van der Waals surface area contributed by atoms with Crippen molar-refractivity contribution in [1.29, 1.82) is 0 Å². The topological polar surface area (TPSA) is 105 Å². The molecule has 168 valence electrons. The highest BCUT2D eigenvalue weighted by atomic mass is 16.5. The van der Waals surface area contributed by atoms with Gasteiger partial charge in [-0.25, -0.2) is 0 Å². The predicted molar refractivity (Wildman–Crippen MR) is 119 cm³/mol. The Kier molecular flexibility index (Phi) is 6.92. The highest BCUT2D eigenvalue weighted by molar-refractivity contribution is 6.22. The van der Waals surface area contributed by atoms with Gasteiger partial charge in [-0.15, -0.1) is 0 Å². The molecule has 0 fully saturated rings. The fourth-order valence-electron chi connectivity index (χ4n) is 3.42. The zero-order valence-electron chi connectivity index (χ0n) is 18.7. The van der Waals surface area contributed by atoms with E-state index in [0.29, 0.717) is 11.3 Å². The van der Waals surface area contributed by atoms with Crippen molar-refractivity contribution in [3.63, 3.8) is 0 Å². The molecule has 8 heteroatoms. The van der Waals surface area contributed by atoms with E-state index in [0.717, 1.165) is 11.1 Å². The Balaban J connectivity index is 1.47. The number of nitrogens with zero attached hydrogens (tertiary/aromatic N) is 1. The van der Waals surface area contributed by atoms with Gasteiger partial charge >= 0.3 is 0 Å². The van der Waals surface area contributed by atoms with Crippen molar-refractivity contribution in [3.05, 3.63) is 64.2 Å². The van der Waals surface area contributed by atoms with Crippen molar-refractivity contribution in [2.75, 3.05) is 19.7 Å². The number of benzene rings is 2. The number of amides is 4. The van der Waals surface area contributed by atoms with Gasteiger partial charge in [-0.3, -0.25) is 24.1 Å². The molecule has 8 nitrogen and oxygen atoms in total. The summed E-state index contributed by atoms with van der Waals surface area (Å²) in [7, 11) is 0. The summed E-state index contributed by atoms with van der Waals surface area (Å²) in [5, 5.41) is 5.37. The Morgan fingerprint density at radius 1 is 0.969 bits per heavy atom. The van der Waals surface area contributed by atoms with Crippen LogP contribution < -0.4 is 15.4 Å². The zero-order valence-corrected chi connectivity index (χ0v) is 18.7. The highest BCUT2D eigenvalue weighted by Crippen LogP contribution is 2.25. The van der Waals surface area contributed by atoms with E-state index in [2.05, 4.69) is 10.6 Å². The van der Waals surface area contributed by atoms with Crippen LogP contribution in [-0.2, 0) is 4.79 Å². The van der Waals surface area contributed by atoms with Crippen molar-refractivity contribution >= 4 is 23.6 Å². The maximum absolute atomic E-state index is 12.5. The fraction of sp³-hybridized carbons (Fsp3) is 0.333. The summed E-state index contributed by atoms with van der Waals surface area (Å²) in [6, 6.07) is 9.84. The molecule has 1 heterocycles. The summed E-state index contributed by atoms with van der Waals surface area (Å²) < 4.78 is 5.55. The third kappa shape index (κ3) is 4.80. The number of ether oxygens (including phenoxy) is 1. The summed E-state index contributed by atoms with van der Waals surface area (Å²) >= 11 is 0. The van der Waals surface area contributed by atoms with Gasteiger partial charge in [-0.05, 0) is 63.1 Å².